The lowest BCUT2D eigenvalue weighted by atomic mass is 9.90. The van der Waals surface area contributed by atoms with Gasteiger partial charge in [-0.1, -0.05) is 382 Å². The van der Waals surface area contributed by atoms with Crippen molar-refractivity contribution in [2.75, 3.05) is 6.61 Å². The van der Waals surface area contributed by atoms with Crippen LogP contribution in [-0.2, 0) is 70.8 Å². The topological polar surface area (TPSA) is 85.7 Å². The zero-order valence-electron chi connectivity index (χ0n) is 69.4. The van der Waals surface area contributed by atoms with Crippen LogP contribution in [-0.4, -0.2) is 28.6 Å². The number of aryl methyl sites for hydroxylation is 6. The molecule has 6 nitrogen and oxygen atoms in total. The number of aliphatic hydroxyl groups is 1. The Morgan fingerprint density at radius 3 is 1.15 bits per heavy atom. The Labute approximate surface area is 669 Å². The van der Waals surface area contributed by atoms with Gasteiger partial charge in [0, 0.05) is 18.8 Å². The molecule has 0 radical (unpaired) electrons. The van der Waals surface area contributed by atoms with Gasteiger partial charge in [0.05, 0.1) is 31.1 Å². The second-order valence-electron chi connectivity index (χ2n) is 30.0. The summed E-state index contributed by atoms with van der Waals surface area (Å²) in [7, 11) is 0. The minimum absolute atomic E-state index is 0. The van der Waals surface area contributed by atoms with Gasteiger partial charge in [-0.3, -0.25) is 14.6 Å². The van der Waals surface area contributed by atoms with Gasteiger partial charge in [-0.15, -0.1) is 0 Å². The highest BCUT2D eigenvalue weighted by molar-refractivity contribution is 6.30. The molecule has 0 aliphatic heterocycles. The van der Waals surface area contributed by atoms with Gasteiger partial charge in [0.25, 0.3) is 0 Å². The Hall–Kier alpha value is -8.68. The second kappa shape index (κ2) is 54.8. The Balaban J connectivity index is 0.000000632. The summed E-state index contributed by atoms with van der Waals surface area (Å²) in [5, 5.41) is 9.68. The number of aliphatic hydroxyl groups excluding tert-OH is 1. The summed E-state index contributed by atoms with van der Waals surface area (Å²) >= 11 is 5.73. The van der Waals surface area contributed by atoms with Crippen molar-refractivity contribution in [1.29, 1.82) is 0 Å². The first-order valence-electron chi connectivity index (χ1n) is 39.2. The molecule has 109 heavy (non-hydrogen) atoms. The maximum atomic E-state index is 11.8. The van der Waals surface area contributed by atoms with Crippen molar-refractivity contribution >= 4 is 23.5 Å². The summed E-state index contributed by atoms with van der Waals surface area (Å²) in [4.78, 5) is 27.5. The number of halogens is 1. The molecular weight excluding hydrogens is 1350 g/mol. The molecule has 0 bridgehead atoms. The van der Waals surface area contributed by atoms with E-state index in [0.29, 0.717) is 78.4 Å². The van der Waals surface area contributed by atoms with Crippen LogP contribution in [0.1, 0.15) is 299 Å². The number of rotatable bonds is 21. The van der Waals surface area contributed by atoms with Crippen molar-refractivity contribution in [3.63, 3.8) is 0 Å². The standard InChI is InChI=1S/C19H22O2.C18H20O2.C13H20.2C11H16.C10H14O.C10H14.C8H10ClN.2CH4/c1-15(2)18-10-6-9-17(13-18)11-12-21-19(20)14-16-7-4-3-5-8-16;1-14(2)17-10-6-9-16(11-17)13-20-18(19)12-15-7-4-3-5-8-15;1-5-11-8-7-9-12(6-2)13(11)10(3)4;1-8(2)11-9(3)6-5-7-10(11)4;1-4-10-6-5-7-11(8-10)9(2)3;1-8(2)10-6-4-3-5-9(10)7-11;1-8(2)10-6-4-5-9(3)7-10;1-6(2)7-3-8(9)5-10-4-7;;/h3-10,13,15H,11-12,14H2,1-2H3;3-11,14H,12-13H2,1-2H3;7-10H,5-6H2,1-4H3;5-8H,1-4H3;5-9H,4H2,1-3H3;3-6,8,11H,7H2,1-2H3;4-8H,1-3H3;3-6H,1-2H3;2*1H4. The van der Waals surface area contributed by atoms with E-state index in [1.54, 1.807) is 11.8 Å². The van der Waals surface area contributed by atoms with E-state index in [2.05, 4.69) is 285 Å². The zero-order chi connectivity index (χ0) is 79.4. The van der Waals surface area contributed by atoms with Gasteiger partial charge < -0.3 is 14.6 Å². The van der Waals surface area contributed by atoms with E-state index in [9.17, 15) is 9.59 Å². The molecule has 7 heteroatoms. The van der Waals surface area contributed by atoms with Crippen molar-refractivity contribution in [3.05, 3.63) is 348 Å². The largest absolute Gasteiger partial charge is 0.465 e. The molecular formula is C102H140ClNO5. The number of nitrogens with zero attached hydrogens (tertiary/aromatic N) is 1. The smallest absolute Gasteiger partial charge is 0.310 e. The lowest BCUT2D eigenvalue weighted by Crippen LogP contribution is -2.10. The van der Waals surface area contributed by atoms with Crippen molar-refractivity contribution in [2.45, 2.75) is 266 Å². The third-order valence-corrected chi connectivity index (χ3v) is 18.6. The molecule has 0 aliphatic carbocycles. The molecule has 0 amide bonds. The molecule has 1 heterocycles. The van der Waals surface area contributed by atoms with Crippen LogP contribution in [0.15, 0.2) is 237 Å². The van der Waals surface area contributed by atoms with Gasteiger partial charge in [-0.05, 0) is 194 Å². The maximum absolute atomic E-state index is 11.8. The molecule has 0 unspecified atom stereocenters. The van der Waals surface area contributed by atoms with Crippen LogP contribution in [0, 0.1) is 20.8 Å². The van der Waals surface area contributed by atoms with Gasteiger partial charge >= 0.3 is 11.9 Å². The van der Waals surface area contributed by atoms with E-state index < -0.39 is 0 Å². The van der Waals surface area contributed by atoms with Crippen molar-refractivity contribution in [1.82, 2.24) is 4.98 Å². The summed E-state index contributed by atoms with van der Waals surface area (Å²) in [5.74, 6) is 4.26. The van der Waals surface area contributed by atoms with Crippen LogP contribution in [0.3, 0.4) is 0 Å². The van der Waals surface area contributed by atoms with Crippen LogP contribution in [0.4, 0.5) is 0 Å². The van der Waals surface area contributed by atoms with Crippen LogP contribution < -0.4 is 0 Å². The zero-order valence-corrected chi connectivity index (χ0v) is 70.2. The third-order valence-electron chi connectivity index (χ3n) is 18.4. The van der Waals surface area contributed by atoms with Gasteiger partial charge in [-0.2, -0.15) is 0 Å². The van der Waals surface area contributed by atoms with Crippen molar-refractivity contribution in [3.8, 4) is 0 Å². The van der Waals surface area contributed by atoms with E-state index in [1.807, 2.05) is 103 Å². The SMILES string of the molecule is C.C.CC(C)c1cccc(CCOC(=O)Cc2ccccc2)c1.CC(C)c1cccc(COC(=O)Cc2ccccc2)c1.CC(C)c1ccccc1CO.CC(C)c1cncc(Cl)c1.CCc1cccc(C(C)C)c1.CCc1cccc(CC)c1C(C)C.Cc1cccc(C(C)C)c1.Cc1cccc(C)c1C(C)C. The van der Waals surface area contributed by atoms with E-state index in [4.69, 9.17) is 26.2 Å². The van der Waals surface area contributed by atoms with Crippen LogP contribution >= 0.6 is 11.6 Å². The molecule has 0 spiro atoms. The molecule has 10 aromatic rings. The Morgan fingerprint density at radius 2 is 0.752 bits per heavy atom. The highest BCUT2D eigenvalue weighted by Gasteiger charge is 2.12. The normalized spacial score (nSPS) is 10.4. The number of benzene rings is 9. The Bertz CT molecular complexity index is 4000. The average Bonchev–Trinajstić information content (AvgIpc) is 0.845. The summed E-state index contributed by atoms with van der Waals surface area (Å²) in [5.41, 5.74) is 24.9. The molecule has 590 valence electrons. The van der Waals surface area contributed by atoms with E-state index in [-0.39, 0.29) is 33.4 Å². The van der Waals surface area contributed by atoms with Crippen molar-refractivity contribution in [2.24, 2.45) is 0 Å². The summed E-state index contributed by atoms with van der Waals surface area (Å²) < 4.78 is 10.6. The predicted octanol–water partition coefficient (Wildman–Crippen LogP) is 28.5. The predicted molar refractivity (Wildman–Crippen MR) is 474 cm³/mol. The van der Waals surface area contributed by atoms with Gasteiger partial charge in [0.2, 0.25) is 0 Å². The molecule has 0 fully saturated rings. The summed E-state index contributed by atoms with van der Waals surface area (Å²) in [6, 6.07) is 76.6. The minimum atomic E-state index is -0.189. The van der Waals surface area contributed by atoms with E-state index >= 15 is 0 Å². The molecule has 0 atom stereocenters. The first kappa shape index (κ1) is 98.3. The van der Waals surface area contributed by atoms with Gasteiger partial charge in [-0.25, -0.2) is 0 Å². The molecule has 0 saturated carbocycles. The average molecular weight is 1500 g/mol. The Kier molecular flexibility index (Phi) is 49.5. The van der Waals surface area contributed by atoms with Crippen molar-refractivity contribution < 1.29 is 24.2 Å². The number of aromatic nitrogens is 1. The number of ether oxygens (including phenoxy) is 2. The highest BCUT2D eigenvalue weighted by atomic mass is 35.5. The molecule has 9 aromatic carbocycles. The lowest BCUT2D eigenvalue weighted by Gasteiger charge is -2.16. The first-order chi connectivity index (χ1) is 51.0. The highest BCUT2D eigenvalue weighted by Crippen LogP contribution is 2.27. The molecule has 10 rings (SSSR count). The van der Waals surface area contributed by atoms with Gasteiger partial charge in [0.1, 0.15) is 6.61 Å². The van der Waals surface area contributed by atoms with Crippen LogP contribution in [0.5, 0.6) is 0 Å². The number of carbonyl (C=O) groups excluding carboxylic acids is 2. The van der Waals surface area contributed by atoms with E-state index in [0.717, 1.165) is 47.9 Å². The minimum Gasteiger partial charge on any atom is -0.465 e. The Morgan fingerprint density at radius 1 is 0.367 bits per heavy atom. The second-order valence-corrected chi connectivity index (χ2v) is 30.4. The fourth-order valence-electron chi connectivity index (χ4n) is 12.2. The molecule has 0 aliphatic rings. The quantitative estimate of drug-likeness (QED) is 0.0722. The molecule has 0 saturated heterocycles. The lowest BCUT2D eigenvalue weighted by molar-refractivity contribution is -0.144. The molecule has 1 aromatic heterocycles. The number of hydrogen-bond donors (Lipinski definition) is 1. The fraction of sp³-hybridized carbons (Fsp3) is 0.402. The van der Waals surface area contributed by atoms with E-state index in [1.165, 1.54) is 77.9 Å². The monoisotopic (exact) mass is 1490 g/mol. The fourth-order valence-corrected chi connectivity index (χ4v) is 12.4. The third kappa shape index (κ3) is 39.0. The van der Waals surface area contributed by atoms with Gasteiger partial charge in [0.15, 0.2) is 0 Å². The van der Waals surface area contributed by atoms with Crippen LogP contribution in [0.2, 0.25) is 5.02 Å². The number of hydrogen-bond acceptors (Lipinski definition) is 6. The number of carbonyl (C=O) groups is 2. The number of pyridine rings is 1. The first-order valence-corrected chi connectivity index (χ1v) is 39.6. The maximum Gasteiger partial charge on any atom is 0.310 e. The molecule has 1 N–H and O–H groups in total. The number of esters is 2. The summed E-state index contributed by atoms with van der Waals surface area (Å²) in [6.45, 7) is 49.2. The summed E-state index contributed by atoms with van der Waals surface area (Å²) in [6.07, 6.45) is 8.37. The van der Waals surface area contributed by atoms with Crippen LogP contribution in [0.25, 0.3) is 0 Å².